The van der Waals surface area contributed by atoms with E-state index in [9.17, 15) is 14.4 Å². The summed E-state index contributed by atoms with van der Waals surface area (Å²) in [6.07, 6.45) is 2.98. The molecule has 2 heterocycles. The maximum atomic E-state index is 12.7. The number of hydrogen-bond acceptors (Lipinski definition) is 5. The fourth-order valence-electron chi connectivity index (χ4n) is 4.40. The standard InChI is InChI=1S/C17H28N4O4/c22-15(19-4-3-16(23)24)11-21-10-12-1-2-13(9-14(12)17(21)25)20-7-5-18-6-8-20/h12-14,18H,1-11H2,(H,19,22)(H,23,24). The van der Waals surface area contributed by atoms with Gasteiger partial charge in [0.2, 0.25) is 11.8 Å². The first-order chi connectivity index (χ1) is 12.0. The summed E-state index contributed by atoms with van der Waals surface area (Å²) in [4.78, 5) is 39.3. The Labute approximate surface area is 147 Å². The number of carbonyl (C=O) groups is 3. The molecule has 140 valence electrons. The minimum atomic E-state index is -0.942. The zero-order valence-electron chi connectivity index (χ0n) is 14.6. The highest BCUT2D eigenvalue weighted by molar-refractivity contribution is 5.87. The Hall–Kier alpha value is -1.67. The second-order valence-electron chi connectivity index (χ2n) is 7.33. The first kappa shape index (κ1) is 18.1. The quantitative estimate of drug-likeness (QED) is 0.573. The summed E-state index contributed by atoms with van der Waals surface area (Å²) in [5.41, 5.74) is 0. The molecular weight excluding hydrogens is 324 g/mol. The van der Waals surface area contributed by atoms with Gasteiger partial charge in [-0.3, -0.25) is 19.3 Å². The number of carboxylic acid groups (broad SMARTS) is 1. The van der Waals surface area contributed by atoms with Gasteiger partial charge in [0, 0.05) is 51.2 Å². The molecule has 3 aliphatic rings. The van der Waals surface area contributed by atoms with Crippen molar-refractivity contribution in [1.29, 1.82) is 0 Å². The van der Waals surface area contributed by atoms with Crippen LogP contribution in [0, 0.1) is 11.8 Å². The molecule has 0 spiro atoms. The number of piperazine rings is 1. The Kier molecular flexibility index (Phi) is 5.90. The van der Waals surface area contributed by atoms with E-state index in [0.29, 0.717) is 18.5 Å². The molecule has 0 bridgehead atoms. The van der Waals surface area contributed by atoms with Gasteiger partial charge in [0.1, 0.15) is 0 Å². The third kappa shape index (κ3) is 4.49. The van der Waals surface area contributed by atoms with Gasteiger partial charge in [-0.2, -0.15) is 0 Å². The molecule has 3 fully saturated rings. The zero-order chi connectivity index (χ0) is 17.8. The van der Waals surface area contributed by atoms with Crippen LogP contribution in [0.4, 0.5) is 0 Å². The Morgan fingerprint density at radius 1 is 1.24 bits per heavy atom. The van der Waals surface area contributed by atoms with Gasteiger partial charge >= 0.3 is 5.97 Å². The maximum Gasteiger partial charge on any atom is 0.305 e. The Morgan fingerprint density at radius 3 is 2.72 bits per heavy atom. The second-order valence-corrected chi connectivity index (χ2v) is 7.33. The predicted octanol–water partition coefficient (Wildman–Crippen LogP) is -0.890. The molecule has 8 heteroatoms. The second kappa shape index (κ2) is 8.14. The number of fused-ring (bicyclic) bond motifs is 1. The highest BCUT2D eigenvalue weighted by Gasteiger charge is 2.45. The number of nitrogens with one attached hydrogen (secondary N) is 2. The van der Waals surface area contributed by atoms with Crippen LogP contribution in [-0.4, -0.2) is 84.5 Å². The van der Waals surface area contributed by atoms with Crippen molar-refractivity contribution in [3.05, 3.63) is 0 Å². The van der Waals surface area contributed by atoms with Crippen LogP contribution in [-0.2, 0) is 14.4 Å². The van der Waals surface area contributed by atoms with Crippen molar-refractivity contribution in [2.45, 2.75) is 31.7 Å². The van der Waals surface area contributed by atoms with Crippen LogP contribution in [0.5, 0.6) is 0 Å². The van der Waals surface area contributed by atoms with Crippen molar-refractivity contribution in [3.8, 4) is 0 Å². The van der Waals surface area contributed by atoms with E-state index in [-0.39, 0.29) is 37.2 Å². The van der Waals surface area contributed by atoms with E-state index in [1.165, 1.54) is 0 Å². The first-order valence-electron chi connectivity index (χ1n) is 9.26. The van der Waals surface area contributed by atoms with Crippen molar-refractivity contribution in [2.24, 2.45) is 11.8 Å². The van der Waals surface area contributed by atoms with E-state index < -0.39 is 5.97 Å². The van der Waals surface area contributed by atoms with Gasteiger partial charge in [0.25, 0.3) is 0 Å². The third-order valence-corrected chi connectivity index (χ3v) is 5.71. The lowest BCUT2D eigenvalue weighted by molar-refractivity contribution is -0.138. The number of likely N-dealkylation sites (tertiary alicyclic amines) is 1. The Balaban J connectivity index is 1.49. The number of hydrogen-bond donors (Lipinski definition) is 3. The third-order valence-electron chi connectivity index (χ3n) is 5.71. The highest BCUT2D eigenvalue weighted by atomic mass is 16.4. The molecule has 0 aromatic rings. The number of rotatable bonds is 6. The largest absolute Gasteiger partial charge is 0.481 e. The van der Waals surface area contributed by atoms with Gasteiger partial charge in [-0.15, -0.1) is 0 Å². The van der Waals surface area contributed by atoms with Crippen molar-refractivity contribution in [2.75, 3.05) is 45.8 Å². The molecule has 0 aromatic heterocycles. The van der Waals surface area contributed by atoms with Gasteiger partial charge in [-0.05, 0) is 25.2 Å². The summed E-state index contributed by atoms with van der Waals surface area (Å²) in [5, 5.41) is 14.5. The Morgan fingerprint density at radius 2 is 2.00 bits per heavy atom. The Bertz CT molecular complexity index is 521. The molecule has 3 rings (SSSR count). The first-order valence-corrected chi connectivity index (χ1v) is 9.26. The van der Waals surface area contributed by atoms with Crippen LogP contribution >= 0.6 is 0 Å². The van der Waals surface area contributed by atoms with Crippen LogP contribution in [0.3, 0.4) is 0 Å². The smallest absolute Gasteiger partial charge is 0.305 e. The normalized spacial score (nSPS) is 30.2. The van der Waals surface area contributed by atoms with E-state index in [1.54, 1.807) is 4.90 Å². The minimum absolute atomic E-state index is 0.0421. The molecule has 8 nitrogen and oxygen atoms in total. The summed E-state index contributed by atoms with van der Waals surface area (Å²) >= 11 is 0. The summed E-state index contributed by atoms with van der Waals surface area (Å²) in [5.74, 6) is -0.716. The van der Waals surface area contributed by atoms with Gasteiger partial charge in [0.15, 0.2) is 0 Å². The molecular formula is C17H28N4O4. The van der Waals surface area contributed by atoms with E-state index in [0.717, 1.165) is 45.4 Å². The van der Waals surface area contributed by atoms with E-state index in [2.05, 4.69) is 15.5 Å². The van der Waals surface area contributed by atoms with Gasteiger partial charge in [0.05, 0.1) is 13.0 Å². The van der Waals surface area contributed by atoms with Crippen LogP contribution in [0.25, 0.3) is 0 Å². The predicted molar refractivity (Wildman–Crippen MR) is 90.9 cm³/mol. The topological polar surface area (TPSA) is 102 Å². The van der Waals surface area contributed by atoms with Crippen molar-refractivity contribution in [1.82, 2.24) is 20.4 Å². The molecule has 3 atom stereocenters. The molecule has 3 unspecified atom stereocenters. The number of carboxylic acids is 1. The van der Waals surface area contributed by atoms with Gasteiger partial charge in [-0.25, -0.2) is 0 Å². The number of nitrogens with zero attached hydrogens (tertiary/aromatic N) is 2. The fourth-order valence-corrected chi connectivity index (χ4v) is 4.40. The molecule has 1 saturated carbocycles. The average Bonchev–Trinajstić information content (AvgIpc) is 2.91. The van der Waals surface area contributed by atoms with Crippen molar-refractivity contribution < 1.29 is 19.5 Å². The molecule has 3 N–H and O–H groups in total. The molecule has 0 radical (unpaired) electrons. The maximum absolute atomic E-state index is 12.7. The molecule has 25 heavy (non-hydrogen) atoms. The van der Waals surface area contributed by atoms with Gasteiger partial charge in [-0.1, -0.05) is 0 Å². The number of carbonyl (C=O) groups excluding carboxylic acids is 2. The lowest BCUT2D eigenvalue weighted by Gasteiger charge is -2.40. The van der Waals surface area contributed by atoms with E-state index >= 15 is 0 Å². The van der Waals surface area contributed by atoms with Crippen molar-refractivity contribution >= 4 is 17.8 Å². The average molecular weight is 352 g/mol. The zero-order valence-corrected chi connectivity index (χ0v) is 14.6. The fraction of sp³-hybridized carbons (Fsp3) is 0.824. The van der Waals surface area contributed by atoms with E-state index in [4.69, 9.17) is 5.11 Å². The summed E-state index contributed by atoms with van der Waals surface area (Å²) < 4.78 is 0. The van der Waals surface area contributed by atoms with Crippen LogP contribution in [0.15, 0.2) is 0 Å². The van der Waals surface area contributed by atoms with Crippen LogP contribution in [0.2, 0.25) is 0 Å². The van der Waals surface area contributed by atoms with Crippen molar-refractivity contribution in [3.63, 3.8) is 0 Å². The van der Waals surface area contributed by atoms with Crippen LogP contribution in [0.1, 0.15) is 25.7 Å². The lowest BCUT2D eigenvalue weighted by atomic mass is 9.78. The molecule has 2 saturated heterocycles. The highest BCUT2D eigenvalue weighted by Crippen LogP contribution is 2.38. The van der Waals surface area contributed by atoms with Gasteiger partial charge < -0.3 is 20.6 Å². The summed E-state index contributed by atoms with van der Waals surface area (Å²) in [6.45, 7) is 4.93. The summed E-state index contributed by atoms with van der Waals surface area (Å²) in [6, 6.07) is 0.483. The molecule has 0 aromatic carbocycles. The lowest BCUT2D eigenvalue weighted by Crippen LogP contribution is -2.50. The molecule has 2 aliphatic heterocycles. The SMILES string of the molecule is O=C(O)CCNC(=O)CN1CC2CCC(N3CCNCC3)CC2C1=O. The minimum Gasteiger partial charge on any atom is -0.481 e. The number of amides is 2. The molecule has 1 aliphatic carbocycles. The molecule has 2 amide bonds. The van der Waals surface area contributed by atoms with E-state index in [1.807, 2.05) is 0 Å². The van der Waals surface area contributed by atoms with Crippen LogP contribution < -0.4 is 10.6 Å². The monoisotopic (exact) mass is 352 g/mol. The summed E-state index contributed by atoms with van der Waals surface area (Å²) in [7, 11) is 0. The number of aliphatic carboxylic acids is 1.